The van der Waals surface area contributed by atoms with Gasteiger partial charge in [0.05, 0.1) is 25.0 Å². The summed E-state index contributed by atoms with van der Waals surface area (Å²) in [5, 5.41) is 6.29. The van der Waals surface area contributed by atoms with Crippen molar-refractivity contribution in [3.05, 3.63) is 16.7 Å². The number of carbonyl (C=O) groups excluding carboxylic acids is 2. The first kappa shape index (κ1) is 21.4. The van der Waals surface area contributed by atoms with Crippen LogP contribution in [0.3, 0.4) is 0 Å². The fourth-order valence-corrected chi connectivity index (χ4v) is 5.32. The Kier molecular flexibility index (Phi) is 6.61. The first-order valence-corrected chi connectivity index (χ1v) is 11.2. The molecule has 2 aromatic heterocycles. The summed E-state index contributed by atoms with van der Waals surface area (Å²) < 4.78 is 12.2. The van der Waals surface area contributed by atoms with Gasteiger partial charge in [-0.3, -0.25) is 19.1 Å². The van der Waals surface area contributed by atoms with Crippen LogP contribution in [0.1, 0.15) is 25.7 Å². The summed E-state index contributed by atoms with van der Waals surface area (Å²) in [7, 11) is 0. The van der Waals surface area contributed by atoms with E-state index < -0.39 is 5.56 Å². The lowest BCUT2D eigenvalue weighted by molar-refractivity contribution is -0.145. The summed E-state index contributed by atoms with van der Waals surface area (Å²) in [6.07, 6.45) is 4.42. The summed E-state index contributed by atoms with van der Waals surface area (Å²) in [5.74, 6) is 0.680. The van der Waals surface area contributed by atoms with Crippen LogP contribution in [0.15, 0.2) is 11.1 Å². The number of anilines is 1. The third-order valence-corrected chi connectivity index (χ3v) is 6.78. The number of amides is 2. The summed E-state index contributed by atoms with van der Waals surface area (Å²) in [6, 6.07) is 0.335. The molecule has 0 aliphatic carbocycles. The molecule has 4 rings (SSSR count). The average molecular weight is 452 g/mol. The Balaban J connectivity index is 1.08. The van der Waals surface area contributed by atoms with Crippen LogP contribution in [0, 0.1) is 0 Å². The van der Waals surface area contributed by atoms with Crippen LogP contribution in [0.5, 0.6) is 0 Å². The molecule has 2 aromatic rings. The Morgan fingerprint density at radius 1 is 1.29 bits per heavy atom. The minimum atomic E-state index is -0.411. The first-order valence-electron chi connectivity index (χ1n) is 10.1. The molecule has 3 atom stereocenters. The second-order valence-electron chi connectivity index (χ2n) is 7.46. The number of H-pyrrole nitrogens is 1. The maximum absolute atomic E-state index is 11.9. The summed E-state index contributed by atoms with van der Waals surface area (Å²) >= 11 is 1.87. The molecule has 2 saturated heterocycles. The van der Waals surface area contributed by atoms with E-state index in [0.29, 0.717) is 17.3 Å². The average Bonchev–Trinajstić information content (AvgIpc) is 3.40. The predicted octanol–water partition coefficient (Wildman–Crippen LogP) is -0.0551. The molecule has 12 nitrogen and oxygen atoms in total. The number of carbonyl (C=O) groups is 2. The fraction of sp³-hybridized carbons (Fsp3) is 0.611. The van der Waals surface area contributed by atoms with Gasteiger partial charge in [0.15, 0.2) is 11.2 Å². The number of urea groups is 1. The number of hydrogen-bond acceptors (Lipinski definition) is 9. The van der Waals surface area contributed by atoms with Gasteiger partial charge in [-0.1, -0.05) is 6.42 Å². The van der Waals surface area contributed by atoms with Crippen molar-refractivity contribution in [2.45, 2.75) is 49.7 Å². The van der Waals surface area contributed by atoms with E-state index in [1.165, 1.54) is 6.33 Å². The van der Waals surface area contributed by atoms with Crippen LogP contribution >= 0.6 is 11.8 Å². The Labute approximate surface area is 181 Å². The molecule has 2 amide bonds. The molecular weight excluding hydrogens is 426 g/mol. The SMILES string of the molecule is Nc1nc2c(ncn2COCCOC(=O)CCCCC2SC[C@@H]3NC(=O)N[C@H]23)c(=O)[nH]1. The number of aromatic amines is 1. The monoisotopic (exact) mass is 451 g/mol. The Hall–Kier alpha value is -2.80. The molecule has 0 saturated carbocycles. The summed E-state index contributed by atoms with van der Waals surface area (Å²) in [4.78, 5) is 45.4. The summed E-state index contributed by atoms with van der Waals surface area (Å²) in [5.41, 5.74) is 5.65. The van der Waals surface area contributed by atoms with Crippen molar-refractivity contribution in [3.63, 3.8) is 0 Å². The molecule has 2 aliphatic rings. The van der Waals surface area contributed by atoms with E-state index in [-0.39, 0.29) is 55.5 Å². The number of thioether (sulfide) groups is 1. The second-order valence-corrected chi connectivity index (χ2v) is 8.74. The fourth-order valence-electron chi connectivity index (χ4n) is 3.77. The van der Waals surface area contributed by atoms with E-state index in [0.717, 1.165) is 25.0 Å². The zero-order chi connectivity index (χ0) is 21.8. The second kappa shape index (κ2) is 9.56. The number of nitrogens with two attached hydrogens (primary N) is 1. The summed E-state index contributed by atoms with van der Waals surface area (Å²) in [6.45, 7) is 0.455. The zero-order valence-electron chi connectivity index (χ0n) is 16.8. The van der Waals surface area contributed by atoms with E-state index in [1.807, 2.05) is 11.8 Å². The number of hydrogen-bond donors (Lipinski definition) is 4. The van der Waals surface area contributed by atoms with Gasteiger partial charge in [-0.2, -0.15) is 16.7 Å². The minimum Gasteiger partial charge on any atom is -0.463 e. The van der Waals surface area contributed by atoms with Crippen LogP contribution < -0.4 is 21.9 Å². The number of nitrogen functional groups attached to an aromatic ring is 1. The van der Waals surface area contributed by atoms with Gasteiger partial charge in [-0.25, -0.2) is 9.78 Å². The molecule has 1 unspecified atom stereocenters. The third kappa shape index (κ3) is 5.10. The molecule has 4 heterocycles. The van der Waals surface area contributed by atoms with Crippen molar-refractivity contribution in [2.24, 2.45) is 0 Å². The molecular formula is C18H25N7O5S. The van der Waals surface area contributed by atoms with Crippen molar-refractivity contribution in [1.29, 1.82) is 0 Å². The van der Waals surface area contributed by atoms with Gasteiger partial charge < -0.3 is 25.8 Å². The minimum absolute atomic E-state index is 0.00387. The van der Waals surface area contributed by atoms with Gasteiger partial charge in [0.2, 0.25) is 5.95 Å². The number of ether oxygens (including phenoxy) is 2. The van der Waals surface area contributed by atoms with E-state index in [9.17, 15) is 14.4 Å². The highest BCUT2D eigenvalue weighted by Crippen LogP contribution is 2.33. The first-order chi connectivity index (χ1) is 15.0. The molecule has 31 heavy (non-hydrogen) atoms. The lowest BCUT2D eigenvalue weighted by Gasteiger charge is -2.16. The largest absolute Gasteiger partial charge is 0.463 e. The molecule has 2 aliphatic heterocycles. The van der Waals surface area contributed by atoms with Crippen molar-refractivity contribution in [3.8, 4) is 0 Å². The maximum Gasteiger partial charge on any atom is 0.315 e. The van der Waals surface area contributed by atoms with Crippen molar-refractivity contribution >= 4 is 40.9 Å². The lowest BCUT2D eigenvalue weighted by atomic mass is 10.0. The maximum atomic E-state index is 11.9. The Morgan fingerprint density at radius 3 is 3.03 bits per heavy atom. The Bertz CT molecular complexity index is 1010. The smallest absolute Gasteiger partial charge is 0.315 e. The lowest BCUT2D eigenvalue weighted by Crippen LogP contribution is -2.36. The van der Waals surface area contributed by atoms with Crippen LogP contribution in [0.4, 0.5) is 10.7 Å². The van der Waals surface area contributed by atoms with Crippen LogP contribution in [-0.2, 0) is 21.0 Å². The number of esters is 1. The molecule has 0 radical (unpaired) electrons. The van der Waals surface area contributed by atoms with Gasteiger partial charge in [-0.05, 0) is 12.8 Å². The number of rotatable bonds is 10. The van der Waals surface area contributed by atoms with Crippen molar-refractivity contribution < 1.29 is 19.1 Å². The highest BCUT2D eigenvalue weighted by atomic mass is 32.2. The molecule has 168 valence electrons. The van der Waals surface area contributed by atoms with E-state index in [2.05, 4.69) is 25.6 Å². The van der Waals surface area contributed by atoms with E-state index in [1.54, 1.807) is 4.57 Å². The van der Waals surface area contributed by atoms with Gasteiger partial charge in [-0.15, -0.1) is 0 Å². The quantitative estimate of drug-likeness (QED) is 0.220. The third-order valence-electron chi connectivity index (χ3n) is 5.27. The molecule has 13 heteroatoms. The van der Waals surface area contributed by atoms with Crippen LogP contribution in [0.2, 0.25) is 0 Å². The van der Waals surface area contributed by atoms with Crippen LogP contribution in [0.25, 0.3) is 11.2 Å². The standard InChI is InChI=1S/C18H25N7O5S/c19-17-23-15-14(16(27)24-17)20-8-25(15)9-29-5-6-30-12(26)4-2-1-3-11-13-10(7-31-11)21-18(28)22-13/h8,10-11,13H,1-7,9H2,(H2,21,22,28)(H3,19,23,24,27)/t10-,11?,13-/m0/s1. The molecule has 2 fully saturated rings. The highest BCUT2D eigenvalue weighted by Gasteiger charge is 2.42. The van der Waals surface area contributed by atoms with E-state index in [4.69, 9.17) is 15.2 Å². The number of aromatic nitrogens is 4. The van der Waals surface area contributed by atoms with Crippen molar-refractivity contribution in [2.75, 3.05) is 24.7 Å². The normalized spacial score (nSPS) is 22.3. The molecule has 5 N–H and O–H groups in total. The highest BCUT2D eigenvalue weighted by molar-refractivity contribution is 8.00. The van der Waals surface area contributed by atoms with Gasteiger partial charge in [0.25, 0.3) is 5.56 Å². The zero-order valence-corrected chi connectivity index (χ0v) is 17.7. The number of fused-ring (bicyclic) bond motifs is 2. The predicted molar refractivity (Wildman–Crippen MR) is 113 cm³/mol. The van der Waals surface area contributed by atoms with Gasteiger partial charge in [0.1, 0.15) is 13.3 Å². The van der Waals surface area contributed by atoms with Gasteiger partial charge in [0, 0.05) is 17.4 Å². The number of nitrogens with zero attached hydrogens (tertiary/aromatic N) is 3. The van der Waals surface area contributed by atoms with Crippen molar-refractivity contribution in [1.82, 2.24) is 30.2 Å². The van der Waals surface area contributed by atoms with Crippen LogP contribution in [-0.4, -0.2) is 67.8 Å². The van der Waals surface area contributed by atoms with E-state index >= 15 is 0 Å². The molecule has 0 aromatic carbocycles. The molecule has 0 bridgehead atoms. The van der Waals surface area contributed by atoms with Gasteiger partial charge >= 0.3 is 12.0 Å². The topological polar surface area (TPSA) is 166 Å². The number of nitrogens with one attached hydrogen (secondary N) is 3. The molecule has 0 spiro atoms. The Morgan fingerprint density at radius 2 is 2.16 bits per heavy atom. The number of unbranched alkanes of at least 4 members (excludes halogenated alkanes) is 1. The number of imidazole rings is 1.